The summed E-state index contributed by atoms with van der Waals surface area (Å²) in [6.07, 6.45) is 0.534. The Hall–Kier alpha value is -1.43. The van der Waals surface area contributed by atoms with E-state index in [1.165, 1.54) is 11.1 Å². The maximum atomic E-state index is 12.7. The molecule has 138 valence electrons. The number of hydrogen-bond donors (Lipinski definition) is 1. The number of amides is 1. The molecule has 1 saturated heterocycles. The molecule has 1 aliphatic heterocycles. The fourth-order valence-electron chi connectivity index (χ4n) is 3.73. The van der Waals surface area contributed by atoms with Gasteiger partial charge in [0.2, 0.25) is 5.91 Å². The van der Waals surface area contributed by atoms with Gasteiger partial charge in [-0.25, -0.2) is 0 Å². The van der Waals surface area contributed by atoms with Crippen molar-refractivity contribution in [1.29, 1.82) is 0 Å². The second-order valence-electron chi connectivity index (χ2n) is 7.30. The molecule has 3 atom stereocenters. The van der Waals surface area contributed by atoms with Crippen LogP contribution in [0.3, 0.4) is 0 Å². The van der Waals surface area contributed by atoms with Crippen LogP contribution in [0.4, 0.5) is 0 Å². The maximum absolute atomic E-state index is 12.7. The number of nitrogens with zero attached hydrogens (tertiary/aromatic N) is 2. The summed E-state index contributed by atoms with van der Waals surface area (Å²) in [5.74, 6) is 0.872. The second-order valence-corrected chi connectivity index (χ2v) is 7.30. The Morgan fingerprint density at radius 3 is 2.76 bits per heavy atom. The largest absolute Gasteiger partial charge is 0.389 e. The van der Waals surface area contributed by atoms with Crippen molar-refractivity contribution in [2.24, 2.45) is 5.92 Å². The van der Waals surface area contributed by atoms with E-state index in [0.717, 1.165) is 32.6 Å². The molecule has 5 nitrogen and oxygen atoms in total. The van der Waals surface area contributed by atoms with Crippen molar-refractivity contribution in [3.8, 4) is 0 Å². The fraction of sp³-hybridized carbons (Fsp3) is 0.650. The topological polar surface area (TPSA) is 53.0 Å². The summed E-state index contributed by atoms with van der Waals surface area (Å²) in [5, 5.41) is 9.94. The minimum Gasteiger partial charge on any atom is -0.389 e. The molecule has 1 aromatic carbocycles. The monoisotopic (exact) mass is 346 g/mol. The highest BCUT2D eigenvalue weighted by Crippen LogP contribution is 2.48. The highest BCUT2D eigenvalue weighted by atomic mass is 16.5. The highest BCUT2D eigenvalue weighted by molar-refractivity contribution is 5.83. The number of aryl methyl sites for hydroxylation is 1. The van der Waals surface area contributed by atoms with Gasteiger partial charge in [-0.05, 0) is 31.7 Å². The molecule has 0 aromatic heterocycles. The Morgan fingerprint density at radius 2 is 2.08 bits per heavy atom. The van der Waals surface area contributed by atoms with Gasteiger partial charge in [0.25, 0.3) is 0 Å². The standard InChI is InChI=1S/C20H30N2O3/c1-3-25-14-17(23)13-21-7-9-22(10-8-21)20(24)19-12-18(19)16-6-4-5-15(2)11-16/h4-6,11,17-19,23H,3,7-10,12-14H2,1-2H3/t17-,18-,19-/m1/s1. The van der Waals surface area contributed by atoms with Crippen LogP contribution in [0.2, 0.25) is 0 Å². The van der Waals surface area contributed by atoms with E-state index >= 15 is 0 Å². The van der Waals surface area contributed by atoms with Crippen LogP contribution in [0.5, 0.6) is 0 Å². The van der Waals surface area contributed by atoms with Crippen LogP contribution in [-0.2, 0) is 9.53 Å². The van der Waals surface area contributed by atoms with E-state index in [2.05, 4.69) is 36.1 Å². The summed E-state index contributed by atoms with van der Waals surface area (Å²) >= 11 is 0. The zero-order chi connectivity index (χ0) is 17.8. The number of ether oxygens (including phenoxy) is 1. The van der Waals surface area contributed by atoms with Gasteiger partial charge in [0.15, 0.2) is 0 Å². The first-order valence-corrected chi connectivity index (χ1v) is 9.42. The number of aliphatic hydroxyl groups excluding tert-OH is 1. The Morgan fingerprint density at radius 1 is 1.32 bits per heavy atom. The molecule has 1 heterocycles. The molecular formula is C20H30N2O3. The van der Waals surface area contributed by atoms with E-state index in [-0.39, 0.29) is 5.92 Å². The van der Waals surface area contributed by atoms with Crippen LogP contribution >= 0.6 is 0 Å². The number of piperazine rings is 1. The lowest BCUT2D eigenvalue weighted by atomic mass is 10.1. The zero-order valence-electron chi connectivity index (χ0n) is 15.4. The molecule has 0 unspecified atom stereocenters. The molecule has 1 N–H and O–H groups in total. The zero-order valence-corrected chi connectivity index (χ0v) is 15.4. The molecule has 0 bridgehead atoms. The Balaban J connectivity index is 1.43. The Kier molecular flexibility index (Phi) is 6.10. The number of carbonyl (C=O) groups excluding carboxylic acids is 1. The number of β-amino-alcohol motifs (C(OH)–C–C–N with tert-alkyl or cyclic N) is 1. The van der Waals surface area contributed by atoms with E-state index in [1.807, 2.05) is 11.8 Å². The van der Waals surface area contributed by atoms with Crippen LogP contribution in [0.25, 0.3) is 0 Å². The van der Waals surface area contributed by atoms with Crippen LogP contribution in [0.1, 0.15) is 30.4 Å². The Labute approximate surface area is 150 Å². The number of benzene rings is 1. The highest BCUT2D eigenvalue weighted by Gasteiger charge is 2.46. The smallest absolute Gasteiger partial charge is 0.226 e. The van der Waals surface area contributed by atoms with Crippen molar-refractivity contribution in [2.45, 2.75) is 32.3 Å². The molecule has 0 spiro atoms. The van der Waals surface area contributed by atoms with Gasteiger partial charge in [-0.1, -0.05) is 29.8 Å². The molecule has 5 heteroatoms. The number of hydrogen-bond acceptors (Lipinski definition) is 4. The maximum Gasteiger partial charge on any atom is 0.226 e. The molecule has 1 aromatic rings. The lowest BCUT2D eigenvalue weighted by Gasteiger charge is -2.35. The minimum atomic E-state index is -0.448. The second kappa shape index (κ2) is 8.30. The van der Waals surface area contributed by atoms with Crippen molar-refractivity contribution >= 4 is 5.91 Å². The SMILES string of the molecule is CCOC[C@H](O)CN1CCN(C(=O)[C@@H]2C[C@@H]2c2cccc(C)c2)CC1. The summed E-state index contributed by atoms with van der Waals surface area (Å²) in [6, 6.07) is 8.52. The van der Waals surface area contributed by atoms with Gasteiger partial charge in [0, 0.05) is 45.2 Å². The lowest BCUT2D eigenvalue weighted by Crippen LogP contribution is -2.51. The lowest BCUT2D eigenvalue weighted by molar-refractivity contribution is -0.134. The van der Waals surface area contributed by atoms with Gasteiger partial charge in [0.1, 0.15) is 0 Å². The van der Waals surface area contributed by atoms with Gasteiger partial charge in [-0.2, -0.15) is 0 Å². The minimum absolute atomic E-state index is 0.164. The third-order valence-corrected chi connectivity index (χ3v) is 5.25. The van der Waals surface area contributed by atoms with Gasteiger partial charge in [0.05, 0.1) is 12.7 Å². The average Bonchev–Trinajstić information content (AvgIpc) is 3.41. The van der Waals surface area contributed by atoms with E-state index < -0.39 is 6.10 Å². The van der Waals surface area contributed by atoms with Crippen LogP contribution < -0.4 is 0 Å². The molecule has 2 fully saturated rings. The van der Waals surface area contributed by atoms with Crippen molar-refractivity contribution in [1.82, 2.24) is 9.80 Å². The van der Waals surface area contributed by atoms with Crippen LogP contribution in [0.15, 0.2) is 24.3 Å². The summed E-state index contributed by atoms with van der Waals surface area (Å²) < 4.78 is 5.26. The van der Waals surface area contributed by atoms with Crippen molar-refractivity contribution in [3.63, 3.8) is 0 Å². The summed E-state index contributed by atoms with van der Waals surface area (Å²) in [7, 11) is 0. The summed E-state index contributed by atoms with van der Waals surface area (Å²) in [4.78, 5) is 17.0. The average molecular weight is 346 g/mol. The number of carbonyl (C=O) groups is 1. The molecule has 0 radical (unpaired) electrons. The van der Waals surface area contributed by atoms with E-state index in [0.29, 0.717) is 31.6 Å². The third-order valence-electron chi connectivity index (χ3n) is 5.25. The molecule has 3 rings (SSSR count). The number of rotatable bonds is 7. The van der Waals surface area contributed by atoms with E-state index in [1.54, 1.807) is 0 Å². The molecule has 25 heavy (non-hydrogen) atoms. The molecule has 1 saturated carbocycles. The van der Waals surface area contributed by atoms with E-state index in [4.69, 9.17) is 4.74 Å². The van der Waals surface area contributed by atoms with Crippen molar-refractivity contribution < 1.29 is 14.6 Å². The predicted molar refractivity (Wildman–Crippen MR) is 97.5 cm³/mol. The molecule has 1 amide bonds. The Bertz CT molecular complexity index is 584. The fourth-order valence-corrected chi connectivity index (χ4v) is 3.73. The third kappa shape index (κ3) is 4.81. The summed E-state index contributed by atoms with van der Waals surface area (Å²) in [6.45, 7) is 8.85. The predicted octanol–water partition coefficient (Wildman–Crippen LogP) is 1.64. The van der Waals surface area contributed by atoms with Gasteiger partial charge >= 0.3 is 0 Å². The first kappa shape index (κ1) is 18.4. The normalized spacial score (nSPS) is 25.0. The molecular weight excluding hydrogens is 316 g/mol. The molecule has 2 aliphatic rings. The van der Waals surface area contributed by atoms with Gasteiger partial charge < -0.3 is 14.7 Å². The van der Waals surface area contributed by atoms with Gasteiger partial charge in [-0.3, -0.25) is 9.69 Å². The van der Waals surface area contributed by atoms with Crippen molar-refractivity contribution in [2.75, 3.05) is 45.9 Å². The van der Waals surface area contributed by atoms with E-state index in [9.17, 15) is 9.90 Å². The van der Waals surface area contributed by atoms with Crippen molar-refractivity contribution in [3.05, 3.63) is 35.4 Å². The van der Waals surface area contributed by atoms with Gasteiger partial charge in [-0.15, -0.1) is 0 Å². The van der Waals surface area contributed by atoms with Crippen LogP contribution in [0, 0.1) is 12.8 Å². The quantitative estimate of drug-likeness (QED) is 0.815. The molecule has 1 aliphatic carbocycles. The number of aliphatic hydroxyl groups is 1. The first-order chi connectivity index (χ1) is 12.1. The van der Waals surface area contributed by atoms with Crippen LogP contribution in [-0.4, -0.2) is 72.9 Å². The first-order valence-electron chi connectivity index (χ1n) is 9.42. The summed E-state index contributed by atoms with van der Waals surface area (Å²) in [5.41, 5.74) is 2.56.